The molecule has 2 aliphatic rings. The van der Waals surface area contributed by atoms with Crippen LogP contribution < -0.4 is 0 Å². The fraction of sp³-hybridized carbons (Fsp3) is 0.207. The quantitative estimate of drug-likeness (QED) is 0.148. The molecule has 0 heterocycles. The van der Waals surface area contributed by atoms with Gasteiger partial charge in [0, 0.05) is 11.8 Å². The molecule has 6 aromatic carbocycles. The van der Waals surface area contributed by atoms with Crippen molar-refractivity contribution in [3.8, 4) is 22.3 Å². The van der Waals surface area contributed by atoms with Crippen LogP contribution in [-0.2, 0) is 6.42 Å². The number of benzene rings is 6. The zero-order valence-corrected chi connectivity index (χ0v) is 36.1. The summed E-state index contributed by atoms with van der Waals surface area (Å²) in [4.78, 5) is 0. The summed E-state index contributed by atoms with van der Waals surface area (Å²) in [6.45, 7) is 21.3. The molecule has 6 aromatic rings. The van der Waals surface area contributed by atoms with Crippen molar-refractivity contribution in [2.75, 3.05) is 0 Å². The third kappa shape index (κ3) is 12.0. The molecule has 0 aliphatic heterocycles. The molecule has 8 rings (SSSR count). The molecule has 0 bridgehead atoms. The van der Waals surface area contributed by atoms with Crippen molar-refractivity contribution < 1.29 is 0 Å². The average molecular weight is 759 g/mol. The Bertz CT molecular complexity index is 2380. The highest BCUT2D eigenvalue weighted by molar-refractivity contribution is 5.90. The SMILES string of the molecule is C=C(C)C1C=CC=CC1.CCc1ccccc1-c1cc(-c2ccccc2C)c(C)cc1C.Cc1cccc(C2=CC(c3ccccc3)=CC2C)c1.Cc1ccccc1. The van der Waals surface area contributed by atoms with Gasteiger partial charge < -0.3 is 0 Å². The number of hydrogen-bond acceptors (Lipinski definition) is 0. The van der Waals surface area contributed by atoms with Gasteiger partial charge in [-0.15, -0.1) is 0 Å². The summed E-state index contributed by atoms with van der Waals surface area (Å²) in [5.74, 6) is 1.08. The predicted molar refractivity (Wildman–Crippen MR) is 256 cm³/mol. The van der Waals surface area contributed by atoms with Gasteiger partial charge in [0.2, 0.25) is 0 Å². The molecular formula is C58H62. The zero-order chi connectivity index (χ0) is 41.4. The van der Waals surface area contributed by atoms with Crippen LogP contribution in [0.4, 0.5) is 0 Å². The molecule has 0 amide bonds. The molecule has 0 nitrogen and oxygen atoms in total. The summed E-state index contributed by atoms with van der Waals surface area (Å²) in [5, 5.41) is 0. The first kappa shape index (κ1) is 43.1. The van der Waals surface area contributed by atoms with E-state index in [-0.39, 0.29) is 0 Å². The van der Waals surface area contributed by atoms with Crippen LogP contribution in [0.25, 0.3) is 33.4 Å². The van der Waals surface area contributed by atoms with E-state index in [4.69, 9.17) is 0 Å². The lowest BCUT2D eigenvalue weighted by atomic mass is 9.88. The molecule has 0 spiro atoms. The number of rotatable bonds is 6. The van der Waals surface area contributed by atoms with E-state index in [0.717, 1.165) is 12.8 Å². The van der Waals surface area contributed by atoms with E-state index in [9.17, 15) is 0 Å². The van der Waals surface area contributed by atoms with Gasteiger partial charge in [0.15, 0.2) is 0 Å². The number of allylic oxidation sites excluding steroid dienone is 9. The highest BCUT2D eigenvalue weighted by atomic mass is 14.2. The average Bonchev–Trinajstić information content (AvgIpc) is 3.64. The van der Waals surface area contributed by atoms with Crippen molar-refractivity contribution in [1.82, 2.24) is 0 Å². The lowest BCUT2D eigenvalue weighted by molar-refractivity contribution is 0.770. The maximum atomic E-state index is 3.89. The van der Waals surface area contributed by atoms with E-state index in [0.29, 0.717) is 11.8 Å². The second-order valence-electron chi connectivity index (χ2n) is 15.7. The smallest absolute Gasteiger partial charge is 0.000901 e. The molecule has 2 aliphatic carbocycles. The first-order valence-electron chi connectivity index (χ1n) is 20.9. The Balaban J connectivity index is 0.000000163. The van der Waals surface area contributed by atoms with E-state index in [2.05, 4.69) is 226 Å². The topological polar surface area (TPSA) is 0 Å². The maximum Gasteiger partial charge on any atom is 0.000901 e. The molecule has 0 N–H and O–H groups in total. The van der Waals surface area contributed by atoms with Crippen LogP contribution in [0, 0.1) is 46.5 Å². The predicted octanol–water partition coefficient (Wildman–Crippen LogP) is 16.3. The zero-order valence-electron chi connectivity index (χ0n) is 36.1. The molecule has 0 fully saturated rings. The van der Waals surface area contributed by atoms with Gasteiger partial charge in [-0.05, 0) is 127 Å². The lowest BCUT2D eigenvalue weighted by Crippen LogP contribution is -1.96. The summed E-state index contributed by atoms with van der Waals surface area (Å²) >= 11 is 0. The Kier molecular flexibility index (Phi) is 16.0. The molecule has 294 valence electrons. The van der Waals surface area contributed by atoms with E-state index in [1.807, 2.05) is 18.2 Å². The molecule has 0 heteroatoms. The Hall–Kier alpha value is -5.98. The summed E-state index contributed by atoms with van der Waals surface area (Å²) < 4.78 is 0. The summed E-state index contributed by atoms with van der Waals surface area (Å²) in [7, 11) is 0. The maximum absolute atomic E-state index is 3.89. The Morgan fingerprint density at radius 2 is 1.16 bits per heavy atom. The van der Waals surface area contributed by atoms with Gasteiger partial charge in [0.1, 0.15) is 0 Å². The van der Waals surface area contributed by atoms with Crippen molar-refractivity contribution in [2.45, 2.75) is 68.2 Å². The highest BCUT2D eigenvalue weighted by Crippen LogP contribution is 2.37. The minimum absolute atomic E-state index is 0.483. The van der Waals surface area contributed by atoms with Crippen LogP contribution in [0.3, 0.4) is 0 Å². The third-order valence-electron chi connectivity index (χ3n) is 10.9. The van der Waals surface area contributed by atoms with Crippen LogP contribution in [0.1, 0.15) is 71.7 Å². The molecule has 0 saturated carbocycles. The summed E-state index contributed by atoms with van der Waals surface area (Å²) in [5.41, 5.74) is 20.1. The Labute approximate surface area is 350 Å². The Morgan fingerprint density at radius 3 is 1.72 bits per heavy atom. The number of aryl methyl sites for hydroxylation is 6. The number of hydrogen-bond donors (Lipinski definition) is 0. The van der Waals surface area contributed by atoms with Gasteiger partial charge in [-0.3, -0.25) is 0 Å². The fourth-order valence-corrected chi connectivity index (χ4v) is 7.57. The summed E-state index contributed by atoms with van der Waals surface area (Å²) in [6.07, 6.45) is 15.4. The third-order valence-corrected chi connectivity index (χ3v) is 10.9. The van der Waals surface area contributed by atoms with Crippen molar-refractivity contribution in [3.63, 3.8) is 0 Å². The first-order valence-corrected chi connectivity index (χ1v) is 20.9. The monoisotopic (exact) mass is 758 g/mol. The van der Waals surface area contributed by atoms with Crippen LogP contribution in [0.15, 0.2) is 194 Å². The van der Waals surface area contributed by atoms with Crippen molar-refractivity contribution in [3.05, 3.63) is 239 Å². The van der Waals surface area contributed by atoms with Gasteiger partial charge in [-0.1, -0.05) is 213 Å². The molecule has 2 atom stereocenters. The van der Waals surface area contributed by atoms with E-state index < -0.39 is 0 Å². The molecule has 58 heavy (non-hydrogen) atoms. The second-order valence-corrected chi connectivity index (χ2v) is 15.7. The minimum atomic E-state index is 0.483. The van der Waals surface area contributed by atoms with Crippen molar-refractivity contribution >= 4 is 11.1 Å². The second kappa shape index (κ2) is 21.5. The minimum Gasteiger partial charge on any atom is -0.0995 e. The van der Waals surface area contributed by atoms with E-state index in [1.54, 1.807) is 0 Å². The van der Waals surface area contributed by atoms with Gasteiger partial charge >= 0.3 is 0 Å². The normalized spacial score (nSPS) is 15.0. The van der Waals surface area contributed by atoms with Crippen molar-refractivity contribution in [2.24, 2.45) is 11.8 Å². The van der Waals surface area contributed by atoms with Crippen LogP contribution in [0.2, 0.25) is 0 Å². The van der Waals surface area contributed by atoms with Gasteiger partial charge in [-0.2, -0.15) is 0 Å². The first-order chi connectivity index (χ1) is 28.0. The fourth-order valence-electron chi connectivity index (χ4n) is 7.57. The van der Waals surface area contributed by atoms with Crippen LogP contribution in [0.5, 0.6) is 0 Å². The van der Waals surface area contributed by atoms with Crippen molar-refractivity contribution in [1.29, 1.82) is 0 Å². The van der Waals surface area contributed by atoms with Gasteiger partial charge in [0.05, 0.1) is 0 Å². The van der Waals surface area contributed by atoms with E-state index >= 15 is 0 Å². The van der Waals surface area contributed by atoms with Crippen LogP contribution >= 0.6 is 0 Å². The molecule has 0 aromatic heterocycles. The van der Waals surface area contributed by atoms with Crippen LogP contribution in [-0.4, -0.2) is 0 Å². The van der Waals surface area contributed by atoms with Gasteiger partial charge in [-0.25, -0.2) is 0 Å². The Morgan fingerprint density at radius 1 is 0.569 bits per heavy atom. The molecule has 0 radical (unpaired) electrons. The molecular weight excluding hydrogens is 697 g/mol. The molecule has 2 unspecified atom stereocenters. The van der Waals surface area contributed by atoms with Gasteiger partial charge in [0.25, 0.3) is 0 Å². The summed E-state index contributed by atoms with van der Waals surface area (Å²) in [6, 6.07) is 51.7. The van der Waals surface area contributed by atoms with E-state index in [1.165, 1.54) is 83.5 Å². The highest BCUT2D eigenvalue weighted by Gasteiger charge is 2.17. The lowest BCUT2D eigenvalue weighted by Gasteiger charge is -2.16. The standard InChI is InChI=1S/C23H24.C19H18.C9H12.C7H8/c1-5-19-11-7-9-13-21(19)23-15-22(17(3)14-18(23)4)20-12-8-6-10-16(20)2;1-14-7-6-10-17(11-14)19-13-18(12-15(19)2)16-8-4-3-5-9-16;1-8(2)9-6-4-3-5-7-9;1-7-5-3-2-4-6-7/h6-15H,5H2,1-4H3;3-13,15H,1-2H3;3-6,9H,1,7H2,2H3;2-6H,1H3. The largest absolute Gasteiger partial charge is 0.0995 e. The molecule has 0 saturated heterocycles.